The lowest BCUT2D eigenvalue weighted by Gasteiger charge is -2.33. The molecule has 1 aliphatic heterocycles. The molecule has 0 aromatic carbocycles. The van der Waals surface area contributed by atoms with Gasteiger partial charge in [0.2, 0.25) is 5.91 Å². The summed E-state index contributed by atoms with van der Waals surface area (Å²) in [5, 5.41) is 2.82. The molecule has 0 spiro atoms. The molecule has 1 aliphatic rings. The van der Waals surface area contributed by atoms with E-state index in [1.807, 2.05) is 20.8 Å². The van der Waals surface area contributed by atoms with Gasteiger partial charge in [0.05, 0.1) is 12.5 Å². The second-order valence-corrected chi connectivity index (χ2v) is 5.72. The van der Waals surface area contributed by atoms with E-state index in [1.165, 1.54) is 0 Å². The number of hydrogen-bond donors (Lipinski definition) is 1. The zero-order chi connectivity index (χ0) is 14.6. The summed E-state index contributed by atoms with van der Waals surface area (Å²) >= 11 is 0. The quantitative estimate of drug-likeness (QED) is 0.857. The van der Waals surface area contributed by atoms with Crippen LogP contribution in [0.4, 0.5) is 13.2 Å². The minimum absolute atomic E-state index is 0.0377. The molecule has 0 bridgehead atoms. The topological polar surface area (TPSA) is 32.3 Å². The Kier molecular flexibility index (Phi) is 5.64. The van der Waals surface area contributed by atoms with Gasteiger partial charge in [-0.25, -0.2) is 0 Å². The zero-order valence-electron chi connectivity index (χ0n) is 11.8. The molecule has 6 heteroatoms. The molecule has 0 saturated carbocycles. The van der Waals surface area contributed by atoms with Crippen molar-refractivity contribution in [2.45, 2.75) is 45.8 Å². The molecule has 1 amide bonds. The van der Waals surface area contributed by atoms with Crippen molar-refractivity contribution < 1.29 is 18.0 Å². The molecule has 0 aromatic rings. The minimum Gasteiger partial charge on any atom is -0.352 e. The Morgan fingerprint density at radius 2 is 2.00 bits per heavy atom. The van der Waals surface area contributed by atoms with Gasteiger partial charge < -0.3 is 5.32 Å². The lowest BCUT2D eigenvalue weighted by molar-refractivity contribution is -0.187. The van der Waals surface area contributed by atoms with Gasteiger partial charge in [-0.2, -0.15) is 13.2 Å². The molecule has 1 heterocycles. The molecule has 1 fully saturated rings. The Labute approximate surface area is 112 Å². The maximum absolute atomic E-state index is 12.6. The molecular formula is C13H23F3N2O. The first-order chi connectivity index (χ1) is 8.70. The molecule has 0 aliphatic carbocycles. The largest absolute Gasteiger partial charge is 0.393 e. The Bertz CT molecular complexity index is 305. The molecule has 2 atom stereocenters. The van der Waals surface area contributed by atoms with Crippen LogP contribution in [-0.4, -0.2) is 42.7 Å². The van der Waals surface area contributed by atoms with E-state index < -0.39 is 12.1 Å². The van der Waals surface area contributed by atoms with E-state index in [4.69, 9.17) is 0 Å². The molecule has 0 aromatic heterocycles. The summed E-state index contributed by atoms with van der Waals surface area (Å²) in [5.74, 6) is -1.17. The van der Waals surface area contributed by atoms with Crippen LogP contribution < -0.4 is 5.32 Å². The van der Waals surface area contributed by atoms with Crippen LogP contribution in [0.3, 0.4) is 0 Å². The number of carbonyl (C=O) groups is 1. The van der Waals surface area contributed by atoms with Gasteiger partial charge in [-0.05, 0) is 32.2 Å². The molecule has 3 nitrogen and oxygen atoms in total. The Morgan fingerprint density at radius 3 is 2.53 bits per heavy atom. The number of hydrogen-bond acceptors (Lipinski definition) is 2. The smallest absolute Gasteiger partial charge is 0.352 e. The second-order valence-electron chi connectivity index (χ2n) is 5.72. The van der Waals surface area contributed by atoms with Crippen LogP contribution in [0.2, 0.25) is 0 Å². The van der Waals surface area contributed by atoms with Crippen LogP contribution in [0.15, 0.2) is 0 Å². The third kappa shape index (κ3) is 5.38. The third-order valence-electron chi connectivity index (χ3n) is 3.72. The van der Waals surface area contributed by atoms with Crippen molar-refractivity contribution in [3.8, 4) is 0 Å². The van der Waals surface area contributed by atoms with Gasteiger partial charge in [-0.1, -0.05) is 13.8 Å². The first-order valence-electron chi connectivity index (χ1n) is 6.78. The van der Waals surface area contributed by atoms with Crippen LogP contribution in [0.25, 0.3) is 0 Å². The van der Waals surface area contributed by atoms with Crippen molar-refractivity contribution >= 4 is 5.91 Å². The SMILES string of the molecule is CC(C)C(C)NC(=O)CN1CCCC(C(F)(F)F)C1. The van der Waals surface area contributed by atoms with Crippen molar-refractivity contribution in [1.29, 1.82) is 0 Å². The molecule has 0 radical (unpaired) electrons. The van der Waals surface area contributed by atoms with Crippen molar-refractivity contribution in [2.75, 3.05) is 19.6 Å². The summed E-state index contributed by atoms with van der Waals surface area (Å²) in [6.07, 6.45) is -3.48. The average molecular weight is 280 g/mol. The molecule has 19 heavy (non-hydrogen) atoms. The number of piperidine rings is 1. The van der Waals surface area contributed by atoms with E-state index in [2.05, 4.69) is 5.32 Å². The number of amides is 1. The fourth-order valence-corrected chi connectivity index (χ4v) is 2.14. The zero-order valence-corrected chi connectivity index (χ0v) is 11.8. The van der Waals surface area contributed by atoms with Crippen LogP contribution >= 0.6 is 0 Å². The predicted octanol–water partition coefficient (Wildman–Crippen LogP) is 2.42. The van der Waals surface area contributed by atoms with Gasteiger partial charge in [0.1, 0.15) is 0 Å². The lowest BCUT2D eigenvalue weighted by Crippen LogP contribution is -2.47. The van der Waals surface area contributed by atoms with Gasteiger partial charge in [0, 0.05) is 12.6 Å². The third-order valence-corrected chi connectivity index (χ3v) is 3.72. The van der Waals surface area contributed by atoms with Crippen molar-refractivity contribution in [3.05, 3.63) is 0 Å². The van der Waals surface area contributed by atoms with E-state index in [9.17, 15) is 18.0 Å². The summed E-state index contributed by atoms with van der Waals surface area (Å²) < 4.78 is 37.9. The first kappa shape index (κ1) is 16.3. The second kappa shape index (κ2) is 6.59. The highest BCUT2D eigenvalue weighted by Crippen LogP contribution is 2.32. The fourth-order valence-electron chi connectivity index (χ4n) is 2.14. The number of alkyl halides is 3. The summed E-state index contributed by atoms with van der Waals surface area (Å²) in [6, 6.07) is 0.0377. The summed E-state index contributed by atoms with van der Waals surface area (Å²) in [4.78, 5) is 13.3. The van der Waals surface area contributed by atoms with E-state index >= 15 is 0 Å². The van der Waals surface area contributed by atoms with Crippen molar-refractivity contribution in [2.24, 2.45) is 11.8 Å². The number of likely N-dealkylation sites (tertiary alicyclic amines) is 1. The van der Waals surface area contributed by atoms with Crippen molar-refractivity contribution in [3.63, 3.8) is 0 Å². The van der Waals surface area contributed by atoms with Crippen LogP contribution in [-0.2, 0) is 4.79 Å². The highest BCUT2D eigenvalue weighted by molar-refractivity contribution is 5.78. The molecule has 2 unspecified atom stereocenters. The standard InChI is InChI=1S/C13H23F3N2O/c1-9(2)10(3)17-12(19)8-18-6-4-5-11(7-18)13(14,15)16/h9-11H,4-8H2,1-3H3,(H,17,19). The number of carbonyl (C=O) groups excluding carboxylic acids is 1. The van der Waals surface area contributed by atoms with Gasteiger partial charge in [0.25, 0.3) is 0 Å². The van der Waals surface area contributed by atoms with Gasteiger partial charge in [-0.3, -0.25) is 9.69 Å². The number of nitrogens with one attached hydrogen (secondary N) is 1. The predicted molar refractivity (Wildman–Crippen MR) is 67.7 cm³/mol. The Hall–Kier alpha value is -0.780. The number of halogens is 3. The van der Waals surface area contributed by atoms with E-state index in [0.717, 1.165) is 0 Å². The van der Waals surface area contributed by atoms with E-state index in [0.29, 0.717) is 18.9 Å². The minimum atomic E-state index is -4.15. The molecule has 1 saturated heterocycles. The fraction of sp³-hybridized carbons (Fsp3) is 0.923. The van der Waals surface area contributed by atoms with Crippen LogP contribution in [0, 0.1) is 11.8 Å². The maximum atomic E-state index is 12.6. The molecule has 1 rings (SSSR count). The van der Waals surface area contributed by atoms with Crippen LogP contribution in [0.5, 0.6) is 0 Å². The van der Waals surface area contributed by atoms with E-state index in [1.54, 1.807) is 4.90 Å². The summed E-state index contributed by atoms with van der Waals surface area (Å²) in [7, 11) is 0. The Morgan fingerprint density at radius 1 is 1.37 bits per heavy atom. The highest BCUT2D eigenvalue weighted by atomic mass is 19.4. The van der Waals surface area contributed by atoms with Crippen LogP contribution in [0.1, 0.15) is 33.6 Å². The molecule has 1 N–H and O–H groups in total. The monoisotopic (exact) mass is 280 g/mol. The van der Waals surface area contributed by atoms with Gasteiger partial charge >= 0.3 is 6.18 Å². The highest BCUT2D eigenvalue weighted by Gasteiger charge is 2.41. The van der Waals surface area contributed by atoms with E-state index in [-0.39, 0.29) is 31.5 Å². The van der Waals surface area contributed by atoms with Gasteiger partial charge in [0.15, 0.2) is 0 Å². The molecular weight excluding hydrogens is 257 g/mol. The normalized spacial score (nSPS) is 23.4. The summed E-state index contributed by atoms with van der Waals surface area (Å²) in [6.45, 7) is 6.45. The average Bonchev–Trinajstić information content (AvgIpc) is 2.27. The molecule has 112 valence electrons. The van der Waals surface area contributed by atoms with Crippen molar-refractivity contribution in [1.82, 2.24) is 10.2 Å². The van der Waals surface area contributed by atoms with Gasteiger partial charge in [-0.15, -0.1) is 0 Å². The summed E-state index contributed by atoms with van der Waals surface area (Å²) in [5.41, 5.74) is 0. The first-order valence-corrected chi connectivity index (χ1v) is 6.78. The maximum Gasteiger partial charge on any atom is 0.393 e. The number of nitrogens with zero attached hydrogens (tertiary/aromatic N) is 1. The number of rotatable bonds is 4. The Balaban J connectivity index is 2.42. The lowest BCUT2D eigenvalue weighted by atomic mass is 9.97.